The number of nitrogens with zero attached hydrogens (tertiary/aromatic N) is 2. The van der Waals surface area contributed by atoms with Gasteiger partial charge in [0.1, 0.15) is 11.5 Å². The number of fused-ring (bicyclic) bond motifs is 1. The third-order valence-corrected chi connectivity index (χ3v) is 9.06. The number of carboxylic acids is 1. The van der Waals surface area contributed by atoms with E-state index in [4.69, 9.17) is 5.73 Å². The molecule has 0 saturated carbocycles. The van der Waals surface area contributed by atoms with Crippen LogP contribution in [0.5, 0.6) is 0 Å². The van der Waals surface area contributed by atoms with Crippen LogP contribution in [0.1, 0.15) is 33.1 Å². The zero-order chi connectivity index (χ0) is 24.7. The summed E-state index contributed by atoms with van der Waals surface area (Å²) in [5.41, 5.74) is 6.01. The Morgan fingerprint density at radius 1 is 1.35 bits per heavy atom. The van der Waals surface area contributed by atoms with Gasteiger partial charge in [-0.25, -0.2) is 4.79 Å². The number of nitrogens with two attached hydrogens (primary N) is 1. The van der Waals surface area contributed by atoms with Crippen molar-refractivity contribution in [3.63, 3.8) is 0 Å². The maximum atomic E-state index is 13.0. The number of hydrogen-bond donors (Lipinski definition) is 4. The minimum atomic E-state index is -1.10. The van der Waals surface area contributed by atoms with Crippen LogP contribution in [-0.4, -0.2) is 95.1 Å². The maximum absolute atomic E-state index is 13.0. The number of thioether (sulfide) groups is 1. The molecule has 0 aliphatic carbocycles. The Morgan fingerprint density at radius 3 is 2.71 bits per heavy atom. The fraction of sp³-hybridized carbons (Fsp3) is 0.739. The van der Waals surface area contributed by atoms with Crippen LogP contribution >= 0.6 is 11.8 Å². The summed E-state index contributed by atoms with van der Waals surface area (Å²) < 4.78 is 0. The van der Waals surface area contributed by atoms with E-state index in [0.29, 0.717) is 31.0 Å². The Kier molecular flexibility index (Phi) is 7.37. The first kappa shape index (κ1) is 25.2. The Labute approximate surface area is 204 Å². The molecule has 0 aromatic rings. The number of likely N-dealkylation sites (N-methyl/N-ethyl adjacent to an activating group) is 1. The number of likely N-dealkylation sites (tertiary alicyclic amines) is 1. The largest absolute Gasteiger partial charge is 0.477 e. The average molecular weight is 494 g/mol. The average Bonchev–Trinajstić information content (AvgIpc) is 3.46. The highest BCUT2D eigenvalue weighted by Gasteiger charge is 2.60. The number of β-lactam (4-membered cyclic amide) rings is 1. The fourth-order valence-corrected chi connectivity index (χ4v) is 7.37. The maximum Gasteiger partial charge on any atom is 0.353 e. The van der Waals surface area contributed by atoms with Crippen LogP contribution in [-0.2, 0) is 19.2 Å². The van der Waals surface area contributed by atoms with Crippen LogP contribution in [0.4, 0.5) is 0 Å². The van der Waals surface area contributed by atoms with E-state index in [1.165, 1.54) is 16.7 Å². The lowest BCUT2D eigenvalue weighted by molar-refractivity contribution is -0.160. The Hall–Kier alpha value is -1.95. The molecule has 0 aromatic heterocycles. The number of carboxylic acid groups (broad SMARTS) is 1. The molecule has 3 fully saturated rings. The van der Waals surface area contributed by atoms with Gasteiger partial charge in [0.05, 0.1) is 24.5 Å². The van der Waals surface area contributed by atoms with Gasteiger partial charge in [0.2, 0.25) is 11.8 Å². The number of hydrogen-bond acceptors (Lipinski definition) is 8. The molecule has 0 bridgehead atoms. The number of ketones is 1. The number of carbonyl (C=O) groups is 4. The summed E-state index contributed by atoms with van der Waals surface area (Å²) in [6.45, 7) is 5.97. The molecule has 0 aromatic carbocycles. The van der Waals surface area contributed by atoms with Crippen molar-refractivity contribution in [2.45, 2.75) is 56.5 Å². The molecule has 7 atom stereocenters. The lowest BCUT2D eigenvalue weighted by Gasteiger charge is -2.47. The van der Waals surface area contributed by atoms with Gasteiger partial charge in [-0.05, 0) is 25.8 Å². The van der Waals surface area contributed by atoms with E-state index in [-0.39, 0.29) is 77.4 Å². The SMILES string of the molecule is CNCC(=O)C[C@H](C)[C@H]1C(=O)N2C(C(=O)O)=C(S[C@@H]3CN[C@H](C(=O)N4CC[C@H](N)C4)C3)[C@H](C)[C@@H]12. The highest BCUT2D eigenvalue weighted by Crippen LogP contribution is 2.53. The zero-order valence-corrected chi connectivity index (χ0v) is 20.8. The minimum absolute atomic E-state index is 0.0315. The molecule has 10 nitrogen and oxygen atoms in total. The van der Waals surface area contributed by atoms with E-state index in [1.807, 2.05) is 18.7 Å². The summed E-state index contributed by atoms with van der Waals surface area (Å²) in [6, 6.07) is -0.501. The molecule has 188 valence electrons. The van der Waals surface area contributed by atoms with Gasteiger partial charge in [-0.2, -0.15) is 0 Å². The van der Waals surface area contributed by atoms with Crippen LogP contribution in [0.25, 0.3) is 0 Å². The van der Waals surface area contributed by atoms with Gasteiger partial charge < -0.3 is 31.3 Å². The third kappa shape index (κ3) is 4.50. The Morgan fingerprint density at radius 2 is 2.09 bits per heavy atom. The molecular formula is C23H35N5O5S. The normalized spacial score (nSPS) is 33.8. The van der Waals surface area contributed by atoms with Crippen molar-refractivity contribution in [2.24, 2.45) is 23.5 Å². The molecule has 34 heavy (non-hydrogen) atoms. The standard InChI is InChI=1S/C23H35N5O5S/c1-11(6-14(29)8-25-3)17-18-12(2)20(19(23(32)33)28(18)22(17)31)34-15-7-16(26-9-15)21(30)27-5-4-13(24)10-27/h11-13,15-18,25-26H,4-10,24H2,1-3H3,(H,32,33)/t11-,12+,13-,15-,16-,17+,18-/m0/s1. The second kappa shape index (κ2) is 9.96. The molecule has 11 heteroatoms. The third-order valence-electron chi connectivity index (χ3n) is 7.55. The molecule has 4 aliphatic heterocycles. The Balaban J connectivity index is 1.43. The first-order chi connectivity index (χ1) is 16.1. The molecule has 0 spiro atoms. The van der Waals surface area contributed by atoms with Gasteiger partial charge in [-0.15, -0.1) is 11.8 Å². The van der Waals surface area contributed by atoms with Crippen molar-refractivity contribution < 1.29 is 24.3 Å². The highest BCUT2D eigenvalue weighted by atomic mass is 32.2. The molecular weight excluding hydrogens is 458 g/mol. The second-order valence-corrected chi connectivity index (χ2v) is 11.4. The smallest absolute Gasteiger partial charge is 0.353 e. The van der Waals surface area contributed by atoms with Crippen LogP contribution < -0.4 is 16.4 Å². The first-order valence-corrected chi connectivity index (χ1v) is 12.9. The molecule has 4 aliphatic rings. The zero-order valence-electron chi connectivity index (χ0n) is 20.0. The van der Waals surface area contributed by atoms with E-state index in [2.05, 4.69) is 10.6 Å². The van der Waals surface area contributed by atoms with Gasteiger partial charge in [0.15, 0.2) is 0 Å². The number of aliphatic carboxylic acids is 1. The van der Waals surface area contributed by atoms with Crippen LogP contribution in [0.3, 0.4) is 0 Å². The van der Waals surface area contributed by atoms with E-state index >= 15 is 0 Å². The summed E-state index contributed by atoms with van der Waals surface area (Å²) in [6.07, 6.45) is 1.71. The topological polar surface area (TPSA) is 145 Å². The van der Waals surface area contributed by atoms with Crippen molar-refractivity contribution in [3.05, 3.63) is 10.6 Å². The van der Waals surface area contributed by atoms with E-state index in [1.54, 1.807) is 7.05 Å². The summed E-state index contributed by atoms with van der Waals surface area (Å²) >= 11 is 1.48. The predicted molar refractivity (Wildman–Crippen MR) is 128 cm³/mol. The molecule has 5 N–H and O–H groups in total. The summed E-state index contributed by atoms with van der Waals surface area (Å²) in [7, 11) is 1.71. The molecule has 3 saturated heterocycles. The molecule has 4 heterocycles. The number of rotatable bonds is 9. The van der Waals surface area contributed by atoms with Crippen LogP contribution in [0, 0.1) is 17.8 Å². The first-order valence-electron chi connectivity index (χ1n) is 12.0. The summed E-state index contributed by atoms with van der Waals surface area (Å²) in [4.78, 5) is 54.0. The monoisotopic (exact) mass is 493 g/mol. The number of nitrogens with one attached hydrogen (secondary N) is 2. The minimum Gasteiger partial charge on any atom is -0.477 e. The van der Waals surface area contributed by atoms with Gasteiger partial charge in [-0.1, -0.05) is 13.8 Å². The number of Topliss-reactive ketones (excluding diaryl/α,β-unsaturated/α-hetero) is 1. The summed E-state index contributed by atoms with van der Waals surface area (Å²) in [5, 5.41) is 16.1. The Bertz CT molecular complexity index is 910. The van der Waals surface area contributed by atoms with Crippen molar-refractivity contribution in [1.29, 1.82) is 0 Å². The molecule has 4 rings (SSSR count). The molecule has 2 amide bonds. The van der Waals surface area contributed by atoms with E-state index in [9.17, 15) is 24.3 Å². The quantitative estimate of drug-likeness (QED) is 0.315. The van der Waals surface area contributed by atoms with E-state index < -0.39 is 5.97 Å². The van der Waals surface area contributed by atoms with Crippen molar-refractivity contribution >= 4 is 35.3 Å². The van der Waals surface area contributed by atoms with Gasteiger partial charge in [0.25, 0.3) is 0 Å². The van der Waals surface area contributed by atoms with Crippen LogP contribution in [0.15, 0.2) is 10.6 Å². The number of carbonyl (C=O) groups excluding carboxylic acids is 3. The van der Waals surface area contributed by atoms with Crippen molar-refractivity contribution in [1.82, 2.24) is 20.4 Å². The molecule has 0 unspecified atom stereocenters. The van der Waals surface area contributed by atoms with Crippen molar-refractivity contribution in [3.8, 4) is 0 Å². The summed E-state index contributed by atoms with van der Waals surface area (Å²) in [5.74, 6) is -1.87. The van der Waals surface area contributed by atoms with Crippen LogP contribution in [0.2, 0.25) is 0 Å². The lowest BCUT2D eigenvalue weighted by Crippen LogP contribution is -2.62. The predicted octanol–water partition coefficient (Wildman–Crippen LogP) is -0.403. The van der Waals surface area contributed by atoms with Gasteiger partial charge in [0, 0.05) is 48.2 Å². The highest BCUT2D eigenvalue weighted by molar-refractivity contribution is 8.03. The van der Waals surface area contributed by atoms with E-state index in [0.717, 1.165) is 6.42 Å². The molecule has 0 radical (unpaired) electrons. The van der Waals surface area contributed by atoms with Gasteiger partial charge in [-0.3, -0.25) is 14.4 Å². The van der Waals surface area contributed by atoms with Gasteiger partial charge >= 0.3 is 5.97 Å². The second-order valence-electron chi connectivity index (χ2n) is 10.1. The lowest BCUT2D eigenvalue weighted by atomic mass is 9.73. The fourth-order valence-electron chi connectivity index (χ4n) is 5.89. The van der Waals surface area contributed by atoms with Crippen molar-refractivity contribution in [2.75, 3.05) is 33.2 Å². The number of amides is 2.